The molecule has 1 aromatic heterocycles. The molecule has 134 valence electrons. The zero-order valence-corrected chi connectivity index (χ0v) is 15.6. The van der Waals surface area contributed by atoms with E-state index in [2.05, 4.69) is 10.1 Å². The van der Waals surface area contributed by atoms with E-state index in [0.29, 0.717) is 23.2 Å². The van der Waals surface area contributed by atoms with Crippen molar-refractivity contribution in [1.29, 1.82) is 0 Å². The first kappa shape index (κ1) is 18.0. The molecule has 0 N–H and O–H groups in total. The number of hydrogen-bond donors (Lipinski definition) is 0. The van der Waals surface area contributed by atoms with E-state index < -0.39 is 0 Å². The van der Waals surface area contributed by atoms with Crippen molar-refractivity contribution in [3.8, 4) is 11.5 Å². The SMILES string of the molecule is Cc1ccc(-c2nc(CSCC(=O)N3CCCCCCC3)no2)cc1. The van der Waals surface area contributed by atoms with Crippen LogP contribution in [0.2, 0.25) is 0 Å². The van der Waals surface area contributed by atoms with E-state index in [4.69, 9.17) is 4.52 Å². The van der Waals surface area contributed by atoms with Gasteiger partial charge in [-0.25, -0.2) is 0 Å². The second-order valence-electron chi connectivity index (χ2n) is 6.52. The van der Waals surface area contributed by atoms with Gasteiger partial charge < -0.3 is 9.42 Å². The van der Waals surface area contributed by atoms with Gasteiger partial charge in [0.1, 0.15) is 0 Å². The molecule has 1 aliphatic heterocycles. The van der Waals surface area contributed by atoms with Gasteiger partial charge in [0.2, 0.25) is 5.91 Å². The number of nitrogens with zero attached hydrogens (tertiary/aromatic N) is 3. The lowest BCUT2D eigenvalue weighted by molar-refractivity contribution is -0.128. The van der Waals surface area contributed by atoms with Crippen molar-refractivity contribution in [2.45, 2.75) is 44.8 Å². The van der Waals surface area contributed by atoms with Crippen LogP contribution in [-0.4, -0.2) is 39.8 Å². The Labute approximate surface area is 153 Å². The first-order valence-electron chi connectivity index (χ1n) is 8.97. The van der Waals surface area contributed by atoms with Crippen LogP contribution in [-0.2, 0) is 10.5 Å². The van der Waals surface area contributed by atoms with Crippen LogP contribution >= 0.6 is 11.8 Å². The first-order chi connectivity index (χ1) is 12.2. The van der Waals surface area contributed by atoms with Gasteiger partial charge in [-0.2, -0.15) is 4.98 Å². The van der Waals surface area contributed by atoms with Gasteiger partial charge in [0.25, 0.3) is 5.89 Å². The maximum absolute atomic E-state index is 12.4. The minimum atomic E-state index is 0.231. The standard InChI is InChI=1S/C19H25N3O2S/c1-15-7-9-16(10-8-15)19-20-17(21-24-19)13-25-14-18(23)22-11-5-3-2-4-6-12-22/h7-10H,2-6,11-14H2,1H3. The summed E-state index contributed by atoms with van der Waals surface area (Å²) in [5.74, 6) is 2.48. The average Bonchev–Trinajstić information content (AvgIpc) is 3.04. The fourth-order valence-electron chi connectivity index (χ4n) is 2.94. The van der Waals surface area contributed by atoms with Crippen LogP contribution in [0.1, 0.15) is 43.5 Å². The van der Waals surface area contributed by atoms with Gasteiger partial charge >= 0.3 is 0 Å². The van der Waals surface area contributed by atoms with Gasteiger partial charge in [0.15, 0.2) is 5.82 Å². The predicted octanol–water partition coefficient (Wildman–Crippen LogP) is 4.07. The smallest absolute Gasteiger partial charge is 0.257 e. The highest BCUT2D eigenvalue weighted by molar-refractivity contribution is 7.99. The molecule has 0 aliphatic carbocycles. The van der Waals surface area contributed by atoms with Crippen molar-refractivity contribution in [3.05, 3.63) is 35.7 Å². The molecule has 3 rings (SSSR count). The van der Waals surface area contributed by atoms with Gasteiger partial charge in [-0.3, -0.25) is 4.79 Å². The van der Waals surface area contributed by atoms with E-state index in [0.717, 1.165) is 31.5 Å². The molecule has 1 aromatic carbocycles. The zero-order chi connectivity index (χ0) is 17.5. The van der Waals surface area contributed by atoms with Crippen molar-refractivity contribution < 1.29 is 9.32 Å². The highest BCUT2D eigenvalue weighted by Gasteiger charge is 2.15. The van der Waals surface area contributed by atoms with Gasteiger partial charge in [0.05, 0.1) is 11.5 Å². The van der Waals surface area contributed by atoms with Crippen molar-refractivity contribution >= 4 is 17.7 Å². The Kier molecular flexibility index (Phi) is 6.50. The van der Waals surface area contributed by atoms with Crippen molar-refractivity contribution in [3.63, 3.8) is 0 Å². The molecule has 1 saturated heterocycles. The van der Waals surface area contributed by atoms with E-state index in [1.807, 2.05) is 36.1 Å². The number of carbonyl (C=O) groups excluding carboxylic acids is 1. The fraction of sp³-hybridized carbons (Fsp3) is 0.526. The van der Waals surface area contributed by atoms with Crippen LogP contribution in [0.25, 0.3) is 11.5 Å². The second kappa shape index (κ2) is 9.04. The Hall–Kier alpha value is -1.82. The minimum absolute atomic E-state index is 0.231. The summed E-state index contributed by atoms with van der Waals surface area (Å²) in [5, 5.41) is 4.02. The summed E-state index contributed by atoms with van der Waals surface area (Å²) in [5.41, 5.74) is 2.12. The maximum atomic E-state index is 12.4. The number of benzene rings is 1. The summed E-state index contributed by atoms with van der Waals surface area (Å²) in [6.45, 7) is 3.85. The van der Waals surface area contributed by atoms with Crippen LogP contribution in [0.15, 0.2) is 28.8 Å². The topological polar surface area (TPSA) is 59.2 Å². The quantitative estimate of drug-likeness (QED) is 0.805. The monoisotopic (exact) mass is 359 g/mol. The van der Waals surface area contributed by atoms with E-state index >= 15 is 0 Å². The fourth-order valence-corrected chi connectivity index (χ4v) is 3.70. The normalized spacial score (nSPS) is 15.6. The minimum Gasteiger partial charge on any atom is -0.342 e. The predicted molar refractivity (Wildman–Crippen MR) is 100 cm³/mol. The lowest BCUT2D eigenvalue weighted by Gasteiger charge is -2.24. The number of hydrogen-bond acceptors (Lipinski definition) is 5. The Balaban J connectivity index is 1.47. The summed E-state index contributed by atoms with van der Waals surface area (Å²) in [6.07, 6.45) is 6.03. The molecule has 2 heterocycles. The molecule has 5 nitrogen and oxygen atoms in total. The molecule has 1 amide bonds. The number of aromatic nitrogens is 2. The molecule has 0 unspecified atom stereocenters. The Morgan fingerprint density at radius 3 is 2.52 bits per heavy atom. The van der Waals surface area contributed by atoms with Crippen molar-refractivity contribution in [2.75, 3.05) is 18.8 Å². The molecule has 1 aliphatic rings. The van der Waals surface area contributed by atoms with Crippen molar-refractivity contribution in [1.82, 2.24) is 15.0 Å². The van der Waals surface area contributed by atoms with Gasteiger partial charge in [-0.1, -0.05) is 42.1 Å². The lowest BCUT2D eigenvalue weighted by Crippen LogP contribution is -2.35. The van der Waals surface area contributed by atoms with Gasteiger partial charge in [-0.15, -0.1) is 11.8 Å². The molecular weight excluding hydrogens is 334 g/mol. The van der Waals surface area contributed by atoms with E-state index in [1.165, 1.54) is 24.8 Å². The van der Waals surface area contributed by atoms with Crippen LogP contribution in [0.3, 0.4) is 0 Å². The lowest BCUT2D eigenvalue weighted by atomic mass is 10.1. The molecule has 25 heavy (non-hydrogen) atoms. The van der Waals surface area contributed by atoms with Crippen LogP contribution in [0.5, 0.6) is 0 Å². The number of rotatable bonds is 5. The third kappa shape index (κ3) is 5.33. The molecular formula is C19H25N3O2S. The summed E-state index contributed by atoms with van der Waals surface area (Å²) in [6, 6.07) is 8.00. The molecule has 1 fully saturated rings. The van der Waals surface area contributed by atoms with Gasteiger partial charge in [-0.05, 0) is 31.9 Å². The number of thioether (sulfide) groups is 1. The molecule has 0 radical (unpaired) electrons. The third-order valence-corrected chi connectivity index (χ3v) is 5.35. The summed E-state index contributed by atoms with van der Waals surface area (Å²) in [7, 11) is 0. The molecule has 0 bridgehead atoms. The number of aryl methyl sites for hydroxylation is 1. The third-order valence-electron chi connectivity index (χ3n) is 4.43. The van der Waals surface area contributed by atoms with Gasteiger partial charge in [0, 0.05) is 18.7 Å². The molecule has 0 saturated carbocycles. The Morgan fingerprint density at radius 1 is 1.12 bits per heavy atom. The van der Waals surface area contributed by atoms with E-state index in [1.54, 1.807) is 11.8 Å². The summed E-state index contributed by atoms with van der Waals surface area (Å²) < 4.78 is 5.33. The van der Waals surface area contributed by atoms with Crippen molar-refractivity contribution in [2.24, 2.45) is 0 Å². The number of likely N-dealkylation sites (tertiary alicyclic amines) is 1. The number of amides is 1. The first-order valence-corrected chi connectivity index (χ1v) is 10.1. The Bertz CT molecular complexity index is 676. The highest BCUT2D eigenvalue weighted by Crippen LogP contribution is 2.20. The second-order valence-corrected chi connectivity index (χ2v) is 7.51. The molecule has 0 atom stereocenters. The maximum Gasteiger partial charge on any atom is 0.257 e. The van der Waals surface area contributed by atoms with E-state index in [-0.39, 0.29) is 5.91 Å². The van der Waals surface area contributed by atoms with Crippen LogP contribution in [0.4, 0.5) is 0 Å². The molecule has 6 heteroatoms. The van der Waals surface area contributed by atoms with Crippen LogP contribution < -0.4 is 0 Å². The average molecular weight is 359 g/mol. The molecule has 0 spiro atoms. The Morgan fingerprint density at radius 2 is 1.80 bits per heavy atom. The highest BCUT2D eigenvalue weighted by atomic mass is 32.2. The summed E-state index contributed by atoms with van der Waals surface area (Å²) >= 11 is 1.55. The summed E-state index contributed by atoms with van der Waals surface area (Å²) in [4.78, 5) is 18.8. The zero-order valence-electron chi connectivity index (χ0n) is 14.7. The van der Waals surface area contributed by atoms with Crippen LogP contribution in [0, 0.1) is 6.92 Å². The molecule has 2 aromatic rings. The van der Waals surface area contributed by atoms with E-state index in [9.17, 15) is 4.79 Å². The largest absolute Gasteiger partial charge is 0.342 e. The number of carbonyl (C=O) groups is 1.